The van der Waals surface area contributed by atoms with Gasteiger partial charge in [-0.2, -0.15) is 13.2 Å². The third-order valence-electron chi connectivity index (χ3n) is 3.80. The van der Waals surface area contributed by atoms with Gasteiger partial charge in [-0.25, -0.2) is 4.79 Å². The first-order valence-electron chi connectivity index (χ1n) is 9.74. The number of alkyl halides is 3. The van der Waals surface area contributed by atoms with Crippen molar-refractivity contribution in [2.24, 2.45) is 0 Å². The number of hydrogen-bond donors (Lipinski definition) is 3. The van der Waals surface area contributed by atoms with Crippen LogP contribution in [0.3, 0.4) is 0 Å². The Balaban J connectivity index is 0.000000633. The van der Waals surface area contributed by atoms with Gasteiger partial charge in [0, 0.05) is 19.5 Å². The molecule has 0 heterocycles. The Kier molecular flexibility index (Phi) is 12.5. The Hall–Kier alpha value is -3.11. The van der Waals surface area contributed by atoms with Crippen LogP contribution in [0.4, 0.5) is 13.2 Å². The van der Waals surface area contributed by atoms with E-state index in [0.717, 1.165) is 17.7 Å². The zero-order chi connectivity index (χ0) is 23.8. The van der Waals surface area contributed by atoms with Crippen LogP contribution in [-0.2, 0) is 27.5 Å². The third-order valence-corrected chi connectivity index (χ3v) is 3.80. The van der Waals surface area contributed by atoms with Crippen molar-refractivity contribution in [2.75, 3.05) is 19.8 Å². The molecule has 32 heavy (non-hydrogen) atoms. The molecule has 0 fully saturated rings. The molecular weight excluding hydrogens is 431 g/mol. The number of ether oxygens (including phenoxy) is 2. The van der Waals surface area contributed by atoms with E-state index in [1.165, 1.54) is 5.56 Å². The van der Waals surface area contributed by atoms with Gasteiger partial charge in [-0.3, -0.25) is 4.79 Å². The van der Waals surface area contributed by atoms with E-state index in [9.17, 15) is 18.0 Å². The van der Waals surface area contributed by atoms with E-state index in [1.54, 1.807) is 0 Å². The molecule has 3 N–H and O–H groups in total. The molecule has 10 heteroatoms. The lowest BCUT2D eigenvalue weighted by atomic mass is 10.2. The molecule has 2 aromatic carbocycles. The van der Waals surface area contributed by atoms with E-state index >= 15 is 0 Å². The van der Waals surface area contributed by atoms with Crippen LogP contribution in [0.1, 0.15) is 24.0 Å². The second kappa shape index (κ2) is 14.8. The van der Waals surface area contributed by atoms with Crippen molar-refractivity contribution in [1.29, 1.82) is 0 Å². The fourth-order valence-electron chi connectivity index (χ4n) is 2.29. The molecule has 7 nitrogen and oxygen atoms in total. The van der Waals surface area contributed by atoms with Gasteiger partial charge in [0.25, 0.3) is 0 Å². The maximum Gasteiger partial charge on any atom is 0.490 e. The summed E-state index contributed by atoms with van der Waals surface area (Å²) in [5.74, 6) is -2.73. The predicted octanol–water partition coefficient (Wildman–Crippen LogP) is 3.87. The van der Waals surface area contributed by atoms with Crippen molar-refractivity contribution in [2.45, 2.75) is 32.2 Å². The van der Waals surface area contributed by atoms with Gasteiger partial charge in [-0.1, -0.05) is 42.5 Å². The minimum atomic E-state index is -5.08. The third kappa shape index (κ3) is 13.2. The summed E-state index contributed by atoms with van der Waals surface area (Å²) in [4.78, 5) is 19.4. The Morgan fingerprint density at radius 1 is 0.938 bits per heavy atom. The van der Waals surface area contributed by atoms with Crippen molar-refractivity contribution < 1.29 is 42.4 Å². The number of aliphatic carboxylic acids is 2. The quantitative estimate of drug-likeness (QED) is 0.416. The minimum absolute atomic E-state index is 0.124. The summed E-state index contributed by atoms with van der Waals surface area (Å²) >= 11 is 0. The Bertz CT molecular complexity index is 815. The molecule has 0 aliphatic heterocycles. The Morgan fingerprint density at radius 3 is 2.22 bits per heavy atom. The molecule has 0 saturated heterocycles. The molecule has 2 aromatic rings. The minimum Gasteiger partial charge on any atom is -0.493 e. The average Bonchev–Trinajstić information content (AvgIpc) is 2.74. The highest BCUT2D eigenvalue weighted by molar-refractivity contribution is 5.73. The van der Waals surface area contributed by atoms with Crippen LogP contribution in [0, 0.1) is 0 Å². The largest absolute Gasteiger partial charge is 0.493 e. The molecule has 0 unspecified atom stereocenters. The van der Waals surface area contributed by atoms with Crippen molar-refractivity contribution in [3.8, 4) is 5.75 Å². The van der Waals surface area contributed by atoms with E-state index in [4.69, 9.17) is 24.5 Å². The molecule has 0 saturated carbocycles. The smallest absolute Gasteiger partial charge is 0.490 e. The average molecular weight is 457 g/mol. The summed E-state index contributed by atoms with van der Waals surface area (Å²) in [7, 11) is 0. The number of benzene rings is 2. The Labute approximate surface area is 183 Å². The zero-order valence-electron chi connectivity index (χ0n) is 17.3. The first-order chi connectivity index (χ1) is 15.2. The lowest BCUT2D eigenvalue weighted by molar-refractivity contribution is -0.192. The van der Waals surface area contributed by atoms with Crippen molar-refractivity contribution in [1.82, 2.24) is 5.32 Å². The highest BCUT2D eigenvalue weighted by atomic mass is 19.4. The van der Waals surface area contributed by atoms with Crippen LogP contribution in [-0.4, -0.2) is 48.1 Å². The maximum atomic E-state index is 10.6. The van der Waals surface area contributed by atoms with Gasteiger partial charge < -0.3 is 25.0 Å². The molecule has 176 valence electrons. The summed E-state index contributed by atoms with van der Waals surface area (Å²) < 4.78 is 43.1. The highest BCUT2D eigenvalue weighted by Crippen LogP contribution is 2.14. The Morgan fingerprint density at radius 2 is 1.59 bits per heavy atom. The summed E-state index contributed by atoms with van der Waals surface area (Å²) in [6.45, 7) is 2.97. The molecule has 0 aliphatic rings. The number of hydrogen-bond acceptors (Lipinski definition) is 5. The van der Waals surface area contributed by atoms with E-state index in [2.05, 4.69) is 5.32 Å². The maximum absolute atomic E-state index is 10.6. The fraction of sp³-hybridized carbons (Fsp3) is 0.364. The number of nitrogens with one attached hydrogen (secondary N) is 1. The van der Waals surface area contributed by atoms with E-state index in [0.29, 0.717) is 32.9 Å². The van der Waals surface area contributed by atoms with Gasteiger partial charge in [0.05, 0.1) is 26.2 Å². The SMILES string of the molecule is O=C(O)C(F)(F)F.O=C(O)CCNCc1cccc(OCCCOCc2ccccc2)c1. The molecule has 0 atom stereocenters. The second-order valence-corrected chi connectivity index (χ2v) is 6.51. The van der Waals surface area contributed by atoms with Crippen LogP contribution in [0.25, 0.3) is 0 Å². The lowest BCUT2D eigenvalue weighted by Crippen LogP contribution is -2.21. The fourth-order valence-corrected chi connectivity index (χ4v) is 2.29. The van der Waals surface area contributed by atoms with Gasteiger partial charge in [0.2, 0.25) is 0 Å². The van der Waals surface area contributed by atoms with Crippen LogP contribution in [0.5, 0.6) is 5.75 Å². The number of carbonyl (C=O) groups is 2. The lowest BCUT2D eigenvalue weighted by Gasteiger charge is -2.09. The standard InChI is InChI=1S/C20H25NO4.C2HF3O2/c22-20(23)10-11-21-15-18-8-4-9-19(14-18)25-13-5-12-24-16-17-6-2-1-3-7-17;3-2(4,5)1(6)7/h1-4,6-9,14,21H,5,10-13,15-16H2,(H,22,23);(H,6,7). The first kappa shape index (κ1) is 26.9. The summed E-state index contributed by atoms with van der Waals surface area (Å²) in [6.07, 6.45) is -4.13. The molecule has 0 aliphatic carbocycles. The normalized spacial score (nSPS) is 10.7. The second-order valence-electron chi connectivity index (χ2n) is 6.51. The number of carboxylic acid groups (broad SMARTS) is 2. The van der Waals surface area contributed by atoms with Crippen LogP contribution < -0.4 is 10.1 Å². The highest BCUT2D eigenvalue weighted by Gasteiger charge is 2.38. The first-order valence-corrected chi connectivity index (χ1v) is 9.74. The van der Waals surface area contributed by atoms with Gasteiger partial charge >= 0.3 is 18.1 Å². The summed E-state index contributed by atoms with van der Waals surface area (Å²) in [5, 5.41) is 18.8. The molecular formula is C22H26F3NO6. The molecule has 0 aromatic heterocycles. The van der Waals surface area contributed by atoms with Crippen molar-refractivity contribution in [3.63, 3.8) is 0 Å². The molecule has 0 radical (unpaired) electrons. The predicted molar refractivity (Wildman–Crippen MR) is 110 cm³/mol. The number of halogens is 3. The monoisotopic (exact) mass is 457 g/mol. The molecule has 0 spiro atoms. The van der Waals surface area contributed by atoms with Gasteiger partial charge in [0.15, 0.2) is 0 Å². The summed E-state index contributed by atoms with van der Waals surface area (Å²) in [6, 6.07) is 17.9. The van der Waals surface area contributed by atoms with Gasteiger partial charge in [0.1, 0.15) is 5.75 Å². The van der Waals surface area contributed by atoms with Crippen LogP contribution in [0.2, 0.25) is 0 Å². The topological polar surface area (TPSA) is 105 Å². The molecule has 0 bridgehead atoms. The number of carboxylic acids is 2. The molecule has 2 rings (SSSR count). The van der Waals surface area contributed by atoms with E-state index in [1.807, 2.05) is 54.6 Å². The van der Waals surface area contributed by atoms with Crippen molar-refractivity contribution >= 4 is 11.9 Å². The van der Waals surface area contributed by atoms with Crippen molar-refractivity contribution in [3.05, 3.63) is 65.7 Å². The van der Waals surface area contributed by atoms with Crippen LogP contribution >= 0.6 is 0 Å². The summed E-state index contributed by atoms with van der Waals surface area (Å²) in [5.41, 5.74) is 2.25. The van der Waals surface area contributed by atoms with Crippen LogP contribution in [0.15, 0.2) is 54.6 Å². The van der Waals surface area contributed by atoms with E-state index < -0.39 is 18.1 Å². The molecule has 0 amide bonds. The number of rotatable bonds is 12. The van der Waals surface area contributed by atoms with Gasteiger partial charge in [-0.05, 0) is 23.3 Å². The van der Waals surface area contributed by atoms with Gasteiger partial charge in [-0.15, -0.1) is 0 Å². The zero-order valence-corrected chi connectivity index (χ0v) is 17.3. The van der Waals surface area contributed by atoms with E-state index in [-0.39, 0.29) is 6.42 Å².